The van der Waals surface area contributed by atoms with Crippen LogP contribution in [0.5, 0.6) is 0 Å². The maximum Gasteiger partial charge on any atom is 0.337 e. The number of nitrogens with one attached hydrogen (secondary N) is 1. The molecule has 3 aromatic rings. The zero-order chi connectivity index (χ0) is 23.7. The van der Waals surface area contributed by atoms with Gasteiger partial charge in [0.2, 0.25) is 0 Å². The van der Waals surface area contributed by atoms with Crippen molar-refractivity contribution in [3.05, 3.63) is 62.0 Å². The van der Waals surface area contributed by atoms with Crippen molar-refractivity contribution in [2.24, 2.45) is 0 Å². The lowest BCUT2D eigenvalue weighted by atomic mass is 10.1. The van der Waals surface area contributed by atoms with Crippen molar-refractivity contribution in [2.45, 2.75) is 0 Å². The van der Waals surface area contributed by atoms with Crippen LogP contribution in [0.4, 0.5) is 17.1 Å². The quantitative estimate of drug-likeness (QED) is 0.325. The molecule has 0 atom stereocenters. The second kappa shape index (κ2) is 9.34. The highest BCUT2D eigenvalue weighted by atomic mass is 35.5. The molecule has 2 aromatic carbocycles. The summed E-state index contributed by atoms with van der Waals surface area (Å²) in [4.78, 5) is 40.7. The number of hydrogen-bond donors (Lipinski definition) is 1. The summed E-state index contributed by atoms with van der Waals surface area (Å²) in [6.07, 6.45) is 0. The number of amides is 1. The fraction of sp³-hybridized carbons (Fsp3) is 0.273. The minimum absolute atomic E-state index is 0.107. The number of methoxy groups -OCH3 is 1. The predicted molar refractivity (Wildman–Crippen MR) is 129 cm³/mol. The Bertz CT molecular complexity index is 1250. The number of non-ortho nitro benzene ring substituents is 1. The van der Waals surface area contributed by atoms with Crippen molar-refractivity contribution in [3.8, 4) is 0 Å². The molecule has 172 valence electrons. The highest BCUT2D eigenvalue weighted by Gasteiger charge is 2.25. The first-order valence-electron chi connectivity index (χ1n) is 10.1. The SMILES string of the molecule is COC(=O)c1ccc(N2CCN(C)CC2)c(NC(=O)c2sc3c([N+](=O)[O-])cccc3c2Cl)c1. The molecule has 11 heteroatoms. The minimum atomic E-state index is -0.522. The van der Waals surface area contributed by atoms with Crippen LogP contribution in [0.3, 0.4) is 0 Å². The summed E-state index contributed by atoms with van der Waals surface area (Å²) in [6.45, 7) is 3.23. The number of likely N-dealkylation sites (N-methyl/N-ethyl adjacent to an activating group) is 1. The molecule has 0 radical (unpaired) electrons. The molecule has 0 aliphatic carbocycles. The van der Waals surface area contributed by atoms with E-state index in [1.54, 1.807) is 24.3 Å². The lowest BCUT2D eigenvalue weighted by Gasteiger charge is -2.35. The number of carbonyl (C=O) groups is 2. The van der Waals surface area contributed by atoms with Crippen LogP contribution in [-0.4, -0.2) is 62.0 Å². The molecule has 4 rings (SSSR count). The number of fused-ring (bicyclic) bond motifs is 1. The van der Waals surface area contributed by atoms with E-state index in [1.165, 1.54) is 19.2 Å². The molecule has 33 heavy (non-hydrogen) atoms. The highest BCUT2D eigenvalue weighted by Crippen LogP contribution is 2.41. The van der Waals surface area contributed by atoms with Gasteiger partial charge in [0.1, 0.15) is 9.58 Å². The number of thiophene rings is 1. The van der Waals surface area contributed by atoms with E-state index < -0.39 is 16.8 Å². The number of nitro groups is 1. The van der Waals surface area contributed by atoms with Crippen LogP contribution in [0.15, 0.2) is 36.4 Å². The molecular formula is C22H21ClN4O5S. The summed E-state index contributed by atoms with van der Waals surface area (Å²) < 4.78 is 5.15. The zero-order valence-electron chi connectivity index (χ0n) is 18.0. The van der Waals surface area contributed by atoms with E-state index in [9.17, 15) is 19.7 Å². The van der Waals surface area contributed by atoms with Crippen molar-refractivity contribution in [1.82, 2.24) is 4.90 Å². The van der Waals surface area contributed by atoms with Gasteiger partial charge in [0, 0.05) is 37.6 Å². The van der Waals surface area contributed by atoms with E-state index in [1.807, 2.05) is 7.05 Å². The van der Waals surface area contributed by atoms with Crippen LogP contribution < -0.4 is 10.2 Å². The normalized spacial score (nSPS) is 14.3. The second-order valence-electron chi connectivity index (χ2n) is 7.62. The summed E-state index contributed by atoms with van der Waals surface area (Å²) in [5.74, 6) is -1.03. The molecule has 1 saturated heterocycles. The van der Waals surface area contributed by atoms with E-state index in [2.05, 4.69) is 15.1 Å². The van der Waals surface area contributed by atoms with Gasteiger partial charge in [-0.05, 0) is 25.2 Å². The third-order valence-corrected chi connectivity index (χ3v) is 7.28. The Labute approximate surface area is 198 Å². The van der Waals surface area contributed by atoms with Gasteiger partial charge in [-0.2, -0.15) is 0 Å². The second-order valence-corrected chi connectivity index (χ2v) is 9.02. The number of rotatable bonds is 5. The van der Waals surface area contributed by atoms with Gasteiger partial charge in [-0.25, -0.2) is 4.79 Å². The molecule has 2 heterocycles. The van der Waals surface area contributed by atoms with Crippen LogP contribution in [0.1, 0.15) is 20.0 Å². The number of nitro benzene ring substituents is 1. The van der Waals surface area contributed by atoms with E-state index in [0.717, 1.165) is 43.2 Å². The van der Waals surface area contributed by atoms with Crippen LogP contribution in [0, 0.1) is 10.1 Å². The smallest absolute Gasteiger partial charge is 0.337 e. The third kappa shape index (κ3) is 4.50. The van der Waals surface area contributed by atoms with Crippen molar-refractivity contribution in [3.63, 3.8) is 0 Å². The van der Waals surface area contributed by atoms with Gasteiger partial charge < -0.3 is 19.9 Å². The number of nitrogens with zero attached hydrogens (tertiary/aromatic N) is 3. The Morgan fingerprint density at radius 2 is 1.91 bits per heavy atom. The van der Waals surface area contributed by atoms with Gasteiger partial charge >= 0.3 is 5.97 Å². The van der Waals surface area contributed by atoms with Crippen molar-refractivity contribution < 1.29 is 19.2 Å². The first-order valence-corrected chi connectivity index (χ1v) is 11.3. The molecule has 1 aliphatic heterocycles. The van der Waals surface area contributed by atoms with Crippen molar-refractivity contribution in [1.29, 1.82) is 0 Å². The summed E-state index contributed by atoms with van der Waals surface area (Å²) in [5.41, 5.74) is 1.40. The number of benzene rings is 2. The molecule has 1 aromatic heterocycles. The number of halogens is 1. The topological polar surface area (TPSA) is 105 Å². The number of ether oxygens (including phenoxy) is 1. The molecule has 9 nitrogen and oxygen atoms in total. The summed E-state index contributed by atoms with van der Waals surface area (Å²) >= 11 is 7.41. The highest BCUT2D eigenvalue weighted by molar-refractivity contribution is 7.22. The van der Waals surface area contributed by atoms with Crippen molar-refractivity contribution in [2.75, 3.05) is 50.6 Å². The molecule has 0 spiro atoms. The first-order chi connectivity index (χ1) is 15.8. The third-order valence-electron chi connectivity index (χ3n) is 5.55. The first kappa shape index (κ1) is 23.0. The summed E-state index contributed by atoms with van der Waals surface area (Å²) in [7, 11) is 3.34. The van der Waals surface area contributed by atoms with Crippen LogP contribution in [0.25, 0.3) is 10.1 Å². The maximum absolute atomic E-state index is 13.2. The van der Waals surface area contributed by atoms with Crippen LogP contribution in [-0.2, 0) is 4.74 Å². The zero-order valence-corrected chi connectivity index (χ0v) is 19.5. The fourth-order valence-corrected chi connectivity index (χ4v) is 5.24. The van der Waals surface area contributed by atoms with E-state index in [-0.39, 0.29) is 15.6 Å². The fourth-order valence-electron chi connectivity index (χ4n) is 3.75. The Morgan fingerprint density at radius 3 is 2.58 bits per heavy atom. The summed E-state index contributed by atoms with van der Waals surface area (Å²) in [6, 6.07) is 9.57. The molecule has 1 fully saturated rings. The number of esters is 1. The Morgan fingerprint density at radius 1 is 1.18 bits per heavy atom. The monoisotopic (exact) mass is 488 g/mol. The van der Waals surface area contributed by atoms with Crippen LogP contribution in [0.2, 0.25) is 5.02 Å². The Balaban J connectivity index is 1.72. The Kier molecular flexibility index (Phi) is 6.50. The standard InChI is InChI=1S/C22H21ClN4O5S/c1-25-8-10-26(11-9-25)16-7-6-13(22(29)32-2)12-15(16)24-21(28)20-18(23)14-4-3-5-17(27(30)31)19(14)33-20/h3-7,12H,8-11H2,1-2H3,(H,24,28). The molecule has 1 aliphatic rings. The lowest BCUT2D eigenvalue weighted by molar-refractivity contribution is -0.382. The summed E-state index contributed by atoms with van der Waals surface area (Å²) in [5, 5.41) is 14.8. The number of carbonyl (C=O) groups excluding carboxylic acids is 2. The van der Waals surface area contributed by atoms with E-state index in [4.69, 9.17) is 16.3 Å². The molecule has 1 N–H and O–H groups in total. The average Bonchev–Trinajstić information content (AvgIpc) is 3.15. The number of hydrogen-bond acceptors (Lipinski definition) is 8. The van der Waals surface area contributed by atoms with E-state index >= 15 is 0 Å². The maximum atomic E-state index is 13.2. The largest absolute Gasteiger partial charge is 0.465 e. The molecule has 0 bridgehead atoms. The van der Waals surface area contributed by atoms with Gasteiger partial charge in [-0.1, -0.05) is 23.7 Å². The van der Waals surface area contributed by atoms with Gasteiger partial charge in [-0.3, -0.25) is 14.9 Å². The Hall–Kier alpha value is -3.21. The van der Waals surface area contributed by atoms with Gasteiger partial charge in [-0.15, -0.1) is 11.3 Å². The van der Waals surface area contributed by atoms with Crippen molar-refractivity contribution >= 4 is 62.0 Å². The minimum Gasteiger partial charge on any atom is -0.465 e. The molecular weight excluding hydrogens is 468 g/mol. The van der Waals surface area contributed by atoms with Crippen LogP contribution >= 0.6 is 22.9 Å². The van der Waals surface area contributed by atoms with Gasteiger partial charge in [0.25, 0.3) is 11.6 Å². The number of piperazine rings is 1. The van der Waals surface area contributed by atoms with E-state index in [0.29, 0.717) is 21.3 Å². The lowest BCUT2D eigenvalue weighted by Crippen LogP contribution is -2.44. The van der Waals surface area contributed by atoms with Gasteiger partial charge in [0.05, 0.1) is 34.0 Å². The predicted octanol–water partition coefficient (Wildman–Crippen LogP) is 4.25. The molecule has 1 amide bonds. The van der Waals surface area contributed by atoms with Gasteiger partial charge in [0.15, 0.2) is 0 Å². The molecule has 0 unspecified atom stereocenters. The number of anilines is 2. The average molecular weight is 489 g/mol. The molecule has 0 saturated carbocycles.